The number of rotatable bonds is 7. The van der Waals surface area contributed by atoms with Crippen LogP contribution in [0.3, 0.4) is 0 Å². The highest BCUT2D eigenvalue weighted by atomic mass is 35.5. The first-order chi connectivity index (χ1) is 15.6. The molecule has 1 N–H and O–H groups in total. The van der Waals surface area contributed by atoms with Gasteiger partial charge in [-0.15, -0.1) is 11.8 Å². The standard InChI is InChI=1S/C22H20ClF3N2O4S/c23-16-8-7-14(22(24,25)26)11-17(16)27-19(29)12-32-21(31)15-5-1-2-6-18(15)33-13-20(30)28-9-3-4-10-28/h1-2,5-8,11H,3-4,9-10,12-13H2,(H,27,29). The number of halogens is 4. The summed E-state index contributed by atoms with van der Waals surface area (Å²) in [5.41, 5.74) is -1.04. The van der Waals surface area contributed by atoms with Gasteiger partial charge in [-0.1, -0.05) is 23.7 Å². The molecule has 33 heavy (non-hydrogen) atoms. The van der Waals surface area contributed by atoms with Crippen LogP contribution < -0.4 is 5.32 Å². The van der Waals surface area contributed by atoms with Gasteiger partial charge < -0.3 is 15.0 Å². The summed E-state index contributed by atoms with van der Waals surface area (Å²) in [5, 5.41) is 2.12. The third-order valence-corrected chi connectivity index (χ3v) is 6.21. The second-order valence-electron chi connectivity index (χ2n) is 7.19. The number of amides is 2. The number of carbonyl (C=O) groups excluding carboxylic acids is 3. The normalized spacial score (nSPS) is 13.6. The highest BCUT2D eigenvalue weighted by Gasteiger charge is 2.31. The Kier molecular flexibility index (Phi) is 8.25. The van der Waals surface area contributed by atoms with Crippen molar-refractivity contribution in [2.45, 2.75) is 23.9 Å². The van der Waals surface area contributed by atoms with Gasteiger partial charge in [-0.25, -0.2) is 4.79 Å². The molecule has 6 nitrogen and oxygen atoms in total. The van der Waals surface area contributed by atoms with Gasteiger partial charge in [0.25, 0.3) is 5.91 Å². The van der Waals surface area contributed by atoms with Crippen molar-refractivity contribution >= 4 is 46.8 Å². The van der Waals surface area contributed by atoms with Crippen molar-refractivity contribution in [2.24, 2.45) is 0 Å². The zero-order valence-corrected chi connectivity index (χ0v) is 18.9. The van der Waals surface area contributed by atoms with Gasteiger partial charge in [0.2, 0.25) is 5.91 Å². The van der Waals surface area contributed by atoms with Gasteiger partial charge in [-0.3, -0.25) is 9.59 Å². The molecule has 2 aromatic rings. The summed E-state index contributed by atoms with van der Waals surface area (Å²) in [5.74, 6) is -1.49. The molecule has 1 saturated heterocycles. The van der Waals surface area contributed by atoms with Crippen molar-refractivity contribution in [3.8, 4) is 0 Å². The van der Waals surface area contributed by atoms with E-state index in [2.05, 4.69) is 5.32 Å². The van der Waals surface area contributed by atoms with E-state index < -0.39 is 30.2 Å². The molecular formula is C22H20ClF3N2O4S. The Labute approximate surface area is 197 Å². The van der Waals surface area contributed by atoms with E-state index >= 15 is 0 Å². The molecule has 11 heteroatoms. The maximum absolute atomic E-state index is 12.9. The summed E-state index contributed by atoms with van der Waals surface area (Å²) in [6.45, 7) is 0.735. The molecule has 0 aliphatic carbocycles. The first kappa shape index (κ1) is 24.9. The largest absolute Gasteiger partial charge is 0.452 e. The molecule has 0 atom stereocenters. The molecule has 2 aromatic carbocycles. The van der Waals surface area contributed by atoms with Crippen molar-refractivity contribution in [3.05, 3.63) is 58.6 Å². The van der Waals surface area contributed by atoms with Gasteiger partial charge in [0.1, 0.15) is 0 Å². The number of hydrogen-bond donors (Lipinski definition) is 1. The van der Waals surface area contributed by atoms with Crippen LogP contribution in [0.5, 0.6) is 0 Å². The quantitative estimate of drug-likeness (QED) is 0.433. The lowest BCUT2D eigenvalue weighted by Crippen LogP contribution is -2.29. The molecule has 176 valence electrons. The Hall–Kier alpha value is -2.72. The number of carbonyl (C=O) groups is 3. The van der Waals surface area contributed by atoms with Crippen LogP contribution in [0.1, 0.15) is 28.8 Å². The van der Waals surface area contributed by atoms with Crippen LogP contribution in [-0.2, 0) is 20.5 Å². The zero-order valence-electron chi connectivity index (χ0n) is 17.3. The van der Waals surface area contributed by atoms with Gasteiger partial charge in [-0.05, 0) is 43.2 Å². The SMILES string of the molecule is O=C(COC(=O)c1ccccc1SCC(=O)N1CCCC1)Nc1cc(C(F)(F)F)ccc1Cl. The minimum atomic E-state index is -4.60. The first-order valence-corrected chi connectivity index (χ1v) is 11.3. The molecule has 1 aliphatic rings. The Morgan fingerprint density at radius 1 is 1.09 bits per heavy atom. The third-order valence-electron chi connectivity index (χ3n) is 4.82. The Bertz CT molecular complexity index is 1040. The monoisotopic (exact) mass is 500 g/mol. The summed E-state index contributed by atoms with van der Waals surface area (Å²) in [7, 11) is 0. The third kappa shape index (κ3) is 6.88. The lowest BCUT2D eigenvalue weighted by molar-refractivity contribution is -0.137. The van der Waals surface area contributed by atoms with Gasteiger partial charge >= 0.3 is 12.1 Å². The van der Waals surface area contributed by atoms with Crippen LogP contribution in [0.25, 0.3) is 0 Å². The molecule has 2 amide bonds. The molecule has 0 spiro atoms. The van der Waals surface area contributed by atoms with E-state index in [1.54, 1.807) is 23.1 Å². The molecule has 0 saturated carbocycles. The van der Waals surface area contributed by atoms with Crippen LogP contribution in [0.2, 0.25) is 5.02 Å². The van der Waals surface area contributed by atoms with E-state index in [0.717, 1.165) is 38.1 Å². The van der Waals surface area contributed by atoms with Crippen molar-refractivity contribution in [1.82, 2.24) is 4.90 Å². The van der Waals surface area contributed by atoms with E-state index in [-0.39, 0.29) is 27.9 Å². The van der Waals surface area contributed by atoms with Gasteiger partial charge in [0, 0.05) is 18.0 Å². The maximum Gasteiger partial charge on any atom is 0.416 e. The molecule has 3 rings (SSSR count). The Balaban J connectivity index is 1.57. The number of anilines is 1. The number of nitrogens with one attached hydrogen (secondary N) is 1. The highest BCUT2D eigenvalue weighted by Crippen LogP contribution is 2.33. The molecule has 1 heterocycles. The van der Waals surface area contributed by atoms with Gasteiger partial charge in [0.05, 0.1) is 27.6 Å². The summed E-state index contributed by atoms with van der Waals surface area (Å²) >= 11 is 7.05. The summed E-state index contributed by atoms with van der Waals surface area (Å²) in [6, 6.07) is 9.01. The molecule has 0 aromatic heterocycles. The minimum absolute atomic E-state index is 0.0157. The fourth-order valence-electron chi connectivity index (χ4n) is 3.15. The van der Waals surface area contributed by atoms with Crippen LogP contribution in [0.4, 0.5) is 18.9 Å². The van der Waals surface area contributed by atoms with Crippen molar-refractivity contribution in [1.29, 1.82) is 0 Å². The van der Waals surface area contributed by atoms with E-state index in [4.69, 9.17) is 16.3 Å². The predicted octanol–water partition coefficient (Wildman–Crippen LogP) is 4.87. The van der Waals surface area contributed by atoms with E-state index in [1.807, 2.05) is 0 Å². The average Bonchev–Trinajstić information content (AvgIpc) is 3.32. The van der Waals surface area contributed by atoms with E-state index in [1.165, 1.54) is 17.8 Å². The smallest absolute Gasteiger partial charge is 0.416 e. The fourth-order valence-corrected chi connectivity index (χ4v) is 4.26. The number of ether oxygens (including phenoxy) is 1. The van der Waals surface area contributed by atoms with Crippen LogP contribution in [0, 0.1) is 0 Å². The first-order valence-electron chi connectivity index (χ1n) is 9.98. The van der Waals surface area contributed by atoms with Gasteiger partial charge in [-0.2, -0.15) is 13.2 Å². The Morgan fingerprint density at radius 3 is 2.48 bits per heavy atom. The summed E-state index contributed by atoms with van der Waals surface area (Å²) in [6.07, 6.45) is -2.64. The molecule has 0 radical (unpaired) electrons. The van der Waals surface area contributed by atoms with Crippen LogP contribution in [-0.4, -0.2) is 48.1 Å². The number of esters is 1. The van der Waals surface area contributed by atoms with Crippen molar-refractivity contribution < 1.29 is 32.3 Å². The lowest BCUT2D eigenvalue weighted by atomic mass is 10.2. The zero-order chi connectivity index (χ0) is 24.0. The molecule has 0 bridgehead atoms. The van der Waals surface area contributed by atoms with E-state index in [9.17, 15) is 27.6 Å². The number of thioether (sulfide) groups is 1. The second-order valence-corrected chi connectivity index (χ2v) is 8.61. The number of alkyl halides is 3. The van der Waals surface area contributed by atoms with Crippen LogP contribution in [0.15, 0.2) is 47.4 Å². The summed E-state index contributed by atoms with van der Waals surface area (Å²) in [4.78, 5) is 39.2. The number of nitrogens with zero attached hydrogens (tertiary/aromatic N) is 1. The average molecular weight is 501 g/mol. The van der Waals surface area contributed by atoms with Crippen molar-refractivity contribution in [2.75, 3.05) is 30.8 Å². The number of benzene rings is 2. The summed E-state index contributed by atoms with van der Waals surface area (Å²) < 4.78 is 43.6. The number of hydrogen-bond acceptors (Lipinski definition) is 5. The fraction of sp³-hybridized carbons (Fsp3) is 0.318. The molecule has 1 aliphatic heterocycles. The lowest BCUT2D eigenvalue weighted by Gasteiger charge is -2.15. The molecule has 1 fully saturated rings. The number of likely N-dealkylation sites (tertiary alicyclic amines) is 1. The van der Waals surface area contributed by atoms with Gasteiger partial charge in [0.15, 0.2) is 6.61 Å². The molecular weight excluding hydrogens is 481 g/mol. The maximum atomic E-state index is 12.9. The minimum Gasteiger partial charge on any atom is -0.452 e. The predicted molar refractivity (Wildman–Crippen MR) is 118 cm³/mol. The van der Waals surface area contributed by atoms with Crippen molar-refractivity contribution in [3.63, 3.8) is 0 Å². The Morgan fingerprint density at radius 2 is 1.79 bits per heavy atom. The molecule has 0 unspecified atom stereocenters. The topological polar surface area (TPSA) is 75.7 Å². The highest BCUT2D eigenvalue weighted by molar-refractivity contribution is 8.00. The second kappa shape index (κ2) is 10.9. The van der Waals surface area contributed by atoms with E-state index in [0.29, 0.717) is 11.0 Å². The van der Waals surface area contributed by atoms with Crippen LogP contribution >= 0.6 is 23.4 Å².